The maximum absolute atomic E-state index is 11.6. The third kappa shape index (κ3) is 3.37. The first-order valence-electron chi connectivity index (χ1n) is 5.43. The van der Waals surface area contributed by atoms with E-state index in [1.165, 1.54) is 4.90 Å². The molecule has 1 heterocycles. The molecule has 6 nitrogen and oxygen atoms in total. The molecular weight excluding hydrogens is 212 g/mol. The Balaban J connectivity index is 2.32. The highest BCUT2D eigenvalue weighted by Crippen LogP contribution is 2.17. The lowest BCUT2D eigenvalue weighted by Gasteiger charge is -2.21. The van der Waals surface area contributed by atoms with Gasteiger partial charge in [-0.25, -0.2) is 9.59 Å². The second kappa shape index (κ2) is 6.32. The van der Waals surface area contributed by atoms with Crippen molar-refractivity contribution in [3.8, 4) is 0 Å². The molecule has 0 aromatic rings. The lowest BCUT2D eigenvalue weighted by atomic mass is 10.2. The van der Waals surface area contributed by atoms with E-state index in [9.17, 15) is 9.59 Å². The summed E-state index contributed by atoms with van der Waals surface area (Å²) >= 11 is 0. The molecule has 0 aromatic heterocycles. The van der Waals surface area contributed by atoms with Gasteiger partial charge >= 0.3 is 12.0 Å². The Labute approximate surface area is 94.6 Å². The van der Waals surface area contributed by atoms with E-state index >= 15 is 0 Å². The van der Waals surface area contributed by atoms with Crippen LogP contribution < -0.4 is 5.32 Å². The van der Waals surface area contributed by atoms with Gasteiger partial charge in [-0.3, -0.25) is 0 Å². The number of hydrogen-bond donors (Lipinski definition) is 2. The van der Waals surface area contributed by atoms with Crippen LogP contribution in [0.25, 0.3) is 0 Å². The van der Waals surface area contributed by atoms with Gasteiger partial charge in [-0.1, -0.05) is 0 Å². The SMILES string of the molecule is COCCCNC(=O)N1CCCC1C(=O)O. The van der Waals surface area contributed by atoms with Crippen LogP contribution in [0.15, 0.2) is 0 Å². The van der Waals surface area contributed by atoms with Gasteiger partial charge in [-0.2, -0.15) is 0 Å². The summed E-state index contributed by atoms with van der Waals surface area (Å²) in [6.45, 7) is 1.62. The van der Waals surface area contributed by atoms with Gasteiger partial charge in [0, 0.05) is 26.8 Å². The molecule has 1 rings (SSSR count). The topological polar surface area (TPSA) is 78.9 Å². The number of nitrogens with zero attached hydrogens (tertiary/aromatic N) is 1. The number of carbonyl (C=O) groups excluding carboxylic acids is 1. The molecule has 0 spiro atoms. The largest absolute Gasteiger partial charge is 0.480 e. The number of hydrogen-bond acceptors (Lipinski definition) is 3. The Kier molecular flexibility index (Phi) is 5.04. The lowest BCUT2D eigenvalue weighted by molar-refractivity contribution is -0.141. The summed E-state index contributed by atoms with van der Waals surface area (Å²) < 4.78 is 4.85. The van der Waals surface area contributed by atoms with Gasteiger partial charge in [0.2, 0.25) is 0 Å². The van der Waals surface area contributed by atoms with Crippen LogP contribution in [0.4, 0.5) is 4.79 Å². The van der Waals surface area contributed by atoms with Crippen LogP contribution in [0.1, 0.15) is 19.3 Å². The number of methoxy groups -OCH3 is 1. The number of ether oxygens (including phenoxy) is 1. The summed E-state index contributed by atoms with van der Waals surface area (Å²) in [5.41, 5.74) is 0. The van der Waals surface area contributed by atoms with E-state index in [1.807, 2.05) is 0 Å². The zero-order valence-corrected chi connectivity index (χ0v) is 9.44. The van der Waals surface area contributed by atoms with Crippen molar-refractivity contribution in [1.29, 1.82) is 0 Å². The molecular formula is C10H18N2O4. The first kappa shape index (κ1) is 12.8. The second-order valence-corrected chi connectivity index (χ2v) is 3.77. The van der Waals surface area contributed by atoms with Crippen LogP contribution in [0.2, 0.25) is 0 Å². The molecule has 0 bridgehead atoms. The standard InChI is InChI=1S/C10H18N2O4/c1-16-7-3-5-11-10(15)12-6-2-4-8(12)9(13)14/h8H,2-7H2,1H3,(H,11,15)(H,13,14). The second-order valence-electron chi connectivity index (χ2n) is 3.77. The molecule has 92 valence electrons. The number of urea groups is 1. The van der Waals surface area contributed by atoms with Crippen LogP contribution in [-0.2, 0) is 9.53 Å². The van der Waals surface area contributed by atoms with Crippen molar-refractivity contribution < 1.29 is 19.4 Å². The Morgan fingerprint density at radius 2 is 2.31 bits per heavy atom. The van der Waals surface area contributed by atoms with Crippen molar-refractivity contribution in [3.63, 3.8) is 0 Å². The molecule has 0 aromatic carbocycles. The molecule has 0 radical (unpaired) electrons. The molecule has 1 saturated heterocycles. The third-order valence-electron chi connectivity index (χ3n) is 2.60. The number of nitrogens with one attached hydrogen (secondary N) is 1. The quantitative estimate of drug-likeness (QED) is 0.665. The lowest BCUT2D eigenvalue weighted by Crippen LogP contribution is -2.46. The molecule has 0 saturated carbocycles. The van der Waals surface area contributed by atoms with E-state index < -0.39 is 12.0 Å². The summed E-state index contributed by atoms with van der Waals surface area (Å²) in [6.07, 6.45) is 2.02. The van der Waals surface area contributed by atoms with Crippen molar-refractivity contribution in [1.82, 2.24) is 10.2 Å². The molecule has 1 unspecified atom stereocenters. The van der Waals surface area contributed by atoms with Crippen LogP contribution >= 0.6 is 0 Å². The summed E-state index contributed by atoms with van der Waals surface area (Å²) in [5.74, 6) is -0.926. The zero-order chi connectivity index (χ0) is 12.0. The number of rotatable bonds is 5. The number of carboxylic acid groups (broad SMARTS) is 1. The summed E-state index contributed by atoms with van der Waals surface area (Å²) in [6, 6.07) is -0.955. The average Bonchev–Trinajstić information content (AvgIpc) is 2.73. The van der Waals surface area contributed by atoms with Crippen LogP contribution in [-0.4, -0.2) is 54.9 Å². The molecule has 16 heavy (non-hydrogen) atoms. The minimum absolute atomic E-state index is 0.291. The van der Waals surface area contributed by atoms with Gasteiger partial charge in [0.25, 0.3) is 0 Å². The van der Waals surface area contributed by atoms with Gasteiger partial charge < -0.3 is 20.1 Å². The number of amides is 2. The van der Waals surface area contributed by atoms with E-state index in [0.29, 0.717) is 26.1 Å². The predicted molar refractivity (Wildman–Crippen MR) is 57.3 cm³/mol. The van der Waals surface area contributed by atoms with E-state index in [-0.39, 0.29) is 6.03 Å². The van der Waals surface area contributed by atoms with Gasteiger partial charge in [-0.15, -0.1) is 0 Å². The fourth-order valence-electron chi connectivity index (χ4n) is 1.78. The summed E-state index contributed by atoms with van der Waals surface area (Å²) in [5, 5.41) is 11.6. The fourth-order valence-corrected chi connectivity index (χ4v) is 1.78. The molecule has 0 aliphatic carbocycles. The fraction of sp³-hybridized carbons (Fsp3) is 0.800. The smallest absolute Gasteiger partial charge is 0.326 e. The molecule has 1 aliphatic heterocycles. The van der Waals surface area contributed by atoms with Crippen molar-refractivity contribution in [2.24, 2.45) is 0 Å². The molecule has 1 fully saturated rings. The first-order chi connectivity index (χ1) is 7.66. The normalized spacial score (nSPS) is 19.8. The number of likely N-dealkylation sites (tertiary alicyclic amines) is 1. The number of carbonyl (C=O) groups is 2. The van der Waals surface area contributed by atoms with Gasteiger partial charge in [0.05, 0.1) is 0 Å². The van der Waals surface area contributed by atoms with Crippen LogP contribution in [0, 0.1) is 0 Å². The van der Waals surface area contributed by atoms with E-state index in [1.54, 1.807) is 7.11 Å². The highest BCUT2D eigenvalue weighted by atomic mass is 16.5. The third-order valence-corrected chi connectivity index (χ3v) is 2.60. The Morgan fingerprint density at radius 1 is 1.56 bits per heavy atom. The maximum Gasteiger partial charge on any atom is 0.326 e. The maximum atomic E-state index is 11.6. The van der Waals surface area contributed by atoms with Crippen molar-refractivity contribution in [3.05, 3.63) is 0 Å². The molecule has 2 amide bonds. The first-order valence-corrected chi connectivity index (χ1v) is 5.43. The van der Waals surface area contributed by atoms with E-state index in [0.717, 1.165) is 12.8 Å². The van der Waals surface area contributed by atoms with Crippen LogP contribution in [0.3, 0.4) is 0 Å². The van der Waals surface area contributed by atoms with Crippen molar-refractivity contribution in [2.75, 3.05) is 26.8 Å². The molecule has 1 atom stereocenters. The number of aliphatic carboxylic acids is 1. The van der Waals surface area contributed by atoms with Gasteiger partial charge in [0.15, 0.2) is 0 Å². The highest BCUT2D eigenvalue weighted by molar-refractivity contribution is 5.83. The van der Waals surface area contributed by atoms with Crippen molar-refractivity contribution in [2.45, 2.75) is 25.3 Å². The highest BCUT2D eigenvalue weighted by Gasteiger charge is 2.33. The molecule has 6 heteroatoms. The van der Waals surface area contributed by atoms with E-state index in [4.69, 9.17) is 9.84 Å². The predicted octanol–water partition coefficient (Wildman–Crippen LogP) is 0.281. The monoisotopic (exact) mass is 230 g/mol. The zero-order valence-electron chi connectivity index (χ0n) is 9.44. The molecule has 1 aliphatic rings. The van der Waals surface area contributed by atoms with Gasteiger partial charge in [0.1, 0.15) is 6.04 Å². The number of carboxylic acids is 1. The summed E-state index contributed by atoms with van der Waals surface area (Å²) in [4.78, 5) is 23.9. The summed E-state index contributed by atoms with van der Waals surface area (Å²) in [7, 11) is 1.60. The van der Waals surface area contributed by atoms with Crippen LogP contribution in [0.5, 0.6) is 0 Å². The molecule has 2 N–H and O–H groups in total. The minimum atomic E-state index is -0.926. The minimum Gasteiger partial charge on any atom is -0.480 e. The van der Waals surface area contributed by atoms with E-state index in [2.05, 4.69) is 5.32 Å². The Morgan fingerprint density at radius 3 is 2.94 bits per heavy atom. The van der Waals surface area contributed by atoms with Crippen molar-refractivity contribution >= 4 is 12.0 Å². The Hall–Kier alpha value is -1.30. The Bertz CT molecular complexity index is 257. The average molecular weight is 230 g/mol. The van der Waals surface area contributed by atoms with Gasteiger partial charge in [-0.05, 0) is 19.3 Å².